The van der Waals surface area contributed by atoms with Crippen LogP contribution in [0.5, 0.6) is 0 Å². The second kappa shape index (κ2) is 4.62. The van der Waals surface area contributed by atoms with E-state index in [1.165, 1.54) is 0 Å². The number of hydrogen-bond donors (Lipinski definition) is 1. The molecule has 0 fully saturated rings. The van der Waals surface area contributed by atoms with Gasteiger partial charge in [-0.1, -0.05) is 35.5 Å². The third-order valence-electron chi connectivity index (χ3n) is 1.92. The summed E-state index contributed by atoms with van der Waals surface area (Å²) in [6, 6.07) is 9.46. The first-order chi connectivity index (χ1) is 6.29. The number of rotatable bonds is 3. The molecule has 1 unspecified atom stereocenters. The Balaban J connectivity index is 2.93. The van der Waals surface area contributed by atoms with E-state index in [0.717, 1.165) is 5.56 Å². The average molecular weight is 179 g/mol. The number of benzene rings is 1. The van der Waals surface area contributed by atoms with Crippen LogP contribution in [0.3, 0.4) is 0 Å². The summed E-state index contributed by atoms with van der Waals surface area (Å²) in [7, 11) is 1.58. The summed E-state index contributed by atoms with van der Waals surface area (Å²) in [5.41, 5.74) is 1.42. The van der Waals surface area contributed by atoms with Crippen molar-refractivity contribution in [2.24, 2.45) is 5.16 Å². The molecule has 0 saturated heterocycles. The first kappa shape index (κ1) is 9.74. The summed E-state index contributed by atoms with van der Waals surface area (Å²) < 4.78 is 5.07. The van der Waals surface area contributed by atoms with E-state index in [4.69, 9.17) is 9.94 Å². The van der Waals surface area contributed by atoms with Crippen molar-refractivity contribution in [3.8, 4) is 0 Å². The molecule has 1 aromatic carbocycles. The van der Waals surface area contributed by atoms with Crippen LogP contribution in [0.15, 0.2) is 35.5 Å². The first-order valence-corrected chi connectivity index (χ1v) is 4.09. The SMILES string of the molecule is COC(C)C(=NO)c1ccccc1. The van der Waals surface area contributed by atoms with Gasteiger partial charge in [0, 0.05) is 12.7 Å². The van der Waals surface area contributed by atoms with Crippen molar-refractivity contribution < 1.29 is 9.94 Å². The maximum absolute atomic E-state index is 8.79. The fourth-order valence-electron chi connectivity index (χ4n) is 1.09. The number of oxime groups is 1. The maximum atomic E-state index is 8.79. The van der Waals surface area contributed by atoms with Crippen molar-refractivity contribution in [3.63, 3.8) is 0 Å². The van der Waals surface area contributed by atoms with Crippen LogP contribution >= 0.6 is 0 Å². The minimum atomic E-state index is -0.201. The van der Waals surface area contributed by atoms with Gasteiger partial charge < -0.3 is 9.94 Å². The second-order valence-electron chi connectivity index (χ2n) is 2.73. The summed E-state index contributed by atoms with van der Waals surface area (Å²) >= 11 is 0. The molecular weight excluding hydrogens is 166 g/mol. The van der Waals surface area contributed by atoms with Gasteiger partial charge in [0.05, 0.1) is 0 Å². The van der Waals surface area contributed by atoms with Crippen molar-refractivity contribution in [1.82, 2.24) is 0 Å². The molecule has 1 aromatic rings. The largest absolute Gasteiger partial charge is 0.411 e. The van der Waals surface area contributed by atoms with Gasteiger partial charge in [-0.05, 0) is 6.92 Å². The van der Waals surface area contributed by atoms with Crippen molar-refractivity contribution in [1.29, 1.82) is 0 Å². The number of ether oxygens (including phenoxy) is 1. The molecule has 0 radical (unpaired) electrons. The second-order valence-corrected chi connectivity index (χ2v) is 2.73. The highest BCUT2D eigenvalue weighted by Crippen LogP contribution is 2.06. The Morgan fingerprint density at radius 1 is 1.38 bits per heavy atom. The number of hydrogen-bond acceptors (Lipinski definition) is 3. The lowest BCUT2D eigenvalue weighted by Gasteiger charge is -2.10. The minimum Gasteiger partial charge on any atom is -0.411 e. The van der Waals surface area contributed by atoms with Crippen LogP contribution in [0.1, 0.15) is 12.5 Å². The fourth-order valence-corrected chi connectivity index (χ4v) is 1.09. The van der Waals surface area contributed by atoms with Crippen LogP contribution < -0.4 is 0 Å². The van der Waals surface area contributed by atoms with E-state index in [0.29, 0.717) is 5.71 Å². The standard InChI is InChI=1S/C10H13NO2/c1-8(13-2)10(11-12)9-6-4-3-5-7-9/h3-8,12H,1-2H3. The average Bonchev–Trinajstić information content (AvgIpc) is 2.20. The molecule has 13 heavy (non-hydrogen) atoms. The van der Waals surface area contributed by atoms with Crippen LogP contribution in [-0.2, 0) is 4.74 Å². The lowest BCUT2D eigenvalue weighted by Crippen LogP contribution is -2.20. The van der Waals surface area contributed by atoms with Gasteiger partial charge in [0.1, 0.15) is 11.8 Å². The Bertz CT molecular complexity index is 282. The van der Waals surface area contributed by atoms with Crippen LogP contribution in [0.2, 0.25) is 0 Å². The fraction of sp³-hybridized carbons (Fsp3) is 0.300. The molecule has 3 nitrogen and oxygen atoms in total. The Kier molecular flexibility index (Phi) is 3.46. The van der Waals surface area contributed by atoms with Crippen LogP contribution in [0.4, 0.5) is 0 Å². The number of methoxy groups -OCH3 is 1. The molecule has 3 heteroatoms. The van der Waals surface area contributed by atoms with Crippen molar-refractivity contribution >= 4 is 5.71 Å². The van der Waals surface area contributed by atoms with E-state index < -0.39 is 0 Å². The van der Waals surface area contributed by atoms with Crippen molar-refractivity contribution in [2.45, 2.75) is 13.0 Å². The third kappa shape index (κ3) is 2.29. The van der Waals surface area contributed by atoms with E-state index in [9.17, 15) is 0 Å². The molecule has 0 aliphatic heterocycles. The molecule has 0 saturated carbocycles. The molecule has 1 N–H and O–H groups in total. The summed E-state index contributed by atoms with van der Waals surface area (Å²) in [5, 5.41) is 12.0. The minimum absolute atomic E-state index is 0.201. The van der Waals surface area contributed by atoms with Gasteiger partial charge in [-0.2, -0.15) is 0 Å². The van der Waals surface area contributed by atoms with E-state index >= 15 is 0 Å². The smallest absolute Gasteiger partial charge is 0.115 e. The quantitative estimate of drug-likeness (QED) is 0.437. The predicted molar refractivity (Wildman–Crippen MR) is 51.2 cm³/mol. The highest BCUT2D eigenvalue weighted by atomic mass is 16.5. The highest BCUT2D eigenvalue weighted by molar-refractivity contribution is 6.03. The molecule has 0 aromatic heterocycles. The van der Waals surface area contributed by atoms with Crippen molar-refractivity contribution in [2.75, 3.05) is 7.11 Å². The van der Waals surface area contributed by atoms with Gasteiger partial charge in [-0.15, -0.1) is 0 Å². The zero-order valence-electron chi connectivity index (χ0n) is 7.77. The molecule has 1 atom stereocenters. The number of nitrogens with zero attached hydrogens (tertiary/aromatic N) is 1. The van der Waals surface area contributed by atoms with Crippen LogP contribution in [-0.4, -0.2) is 24.1 Å². The third-order valence-corrected chi connectivity index (χ3v) is 1.92. The molecule has 1 rings (SSSR count). The van der Waals surface area contributed by atoms with Gasteiger partial charge in [-0.3, -0.25) is 0 Å². The van der Waals surface area contributed by atoms with Gasteiger partial charge in [0.25, 0.3) is 0 Å². The molecule has 0 aliphatic rings. The van der Waals surface area contributed by atoms with Gasteiger partial charge >= 0.3 is 0 Å². The summed E-state index contributed by atoms with van der Waals surface area (Å²) in [6.45, 7) is 1.84. The van der Waals surface area contributed by atoms with Crippen LogP contribution in [0, 0.1) is 0 Å². The molecule has 0 heterocycles. The molecular formula is C10H13NO2. The molecule has 0 aliphatic carbocycles. The first-order valence-electron chi connectivity index (χ1n) is 4.09. The summed E-state index contributed by atoms with van der Waals surface area (Å²) in [4.78, 5) is 0. The highest BCUT2D eigenvalue weighted by Gasteiger charge is 2.11. The Morgan fingerprint density at radius 3 is 2.46 bits per heavy atom. The Labute approximate surface area is 77.6 Å². The predicted octanol–water partition coefficient (Wildman–Crippen LogP) is 1.90. The van der Waals surface area contributed by atoms with E-state index in [1.807, 2.05) is 37.3 Å². The topological polar surface area (TPSA) is 41.8 Å². The summed E-state index contributed by atoms with van der Waals surface area (Å²) in [6.07, 6.45) is -0.201. The maximum Gasteiger partial charge on any atom is 0.115 e. The Hall–Kier alpha value is -1.35. The Morgan fingerprint density at radius 2 is 2.00 bits per heavy atom. The zero-order valence-corrected chi connectivity index (χ0v) is 7.77. The monoisotopic (exact) mass is 179 g/mol. The van der Waals surface area contributed by atoms with Crippen LogP contribution in [0.25, 0.3) is 0 Å². The molecule has 0 spiro atoms. The zero-order chi connectivity index (χ0) is 9.68. The lowest BCUT2D eigenvalue weighted by atomic mass is 10.1. The van der Waals surface area contributed by atoms with Gasteiger partial charge in [0.2, 0.25) is 0 Å². The normalized spacial score (nSPS) is 14.2. The van der Waals surface area contributed by atoms with E-state index in [-0.39, 0.29) is 6.10 Å². The molecule has 70 valence electrons. The van der Waals surface area contributed by atoms with Crippen molar-refractivity contribution in [3.05, 3.63) is 35.9 Å². The van der Waals surface area contributed by atoms with Gasteiger partial charge in [-0.25, -0.2) is 0 Å². The lowest BCUT2D eigenvalue weighted by molar-refractivity contribution is 0.166. The molecule has 0 bridgehead atoms. The molecule has 0 amide bonds. The van der Waals surface area contributed by atoms with E-state index in [2.05, 4.69) is 5.16 Å². The van der Waals surface area contributed by atoms with Gasteiger partial charge in [0.15, 0.2) is 0 Å². The summed E-state index contributed by atoms with van der Waals surface area (Å²) in [5.74, 6) is 0. The van der Waals surface area contributed by atoms with E-state index in [1.54, 1.807) is 7.11 Å².